The summed E-state index contributed by atoms with van der Waals surface area (Å²) in [5, 5.41) is 4.34. The maximum Gasteiger partial charge on any atom is 0.174 e. The molecule has 4 nitrogen and oxygen atoms in total. The maximum atomic E-state index is 5.96. The van der Waals surface area contributed by atoms with E-state index in [4.69, 9.17) is 17.2 Å². The fourth-order valence-corrected chi connectivity index (χ4v) is 5.80. The fraction of sp³-hybridized carbons (Fsp3) is 0.267. The Kier molecular flexibility index (Phi) is 5.97. The van der Waals surface area contributed by atoms with Crippen molar-refractivity contribution in [3.63, 3.8) is 0 Å². The van der Waals surface area contributed by atoms with Crippen LogP contribution in [0.3, 0.4) is 0 Å². The molecule has 1 saturated heterocycles. The second kappa shape index (κ2) is 8.97. The summed E-state index contributed by atoms with van der Waals surface area (Å²) in [6.45, 7) is 13.0. The van der Waals surface area contributed by atoms with Crippen LogP contribution in [0.15, 0.2) is 66.9 Å². The molecule has 2 aromatic heterocycles. The Hall–Kier alpha value is -3.44. The molecule has 2 atom stereocenters. The van der Waals surface area contributed by atoms with Gasteiger partial charge in [-0.2, -0.15) is 0 Å². The maximum absolute atomic E-state index is 5.96. The summed E-state index contributed by atoms with van der Waals surface area (Å²) >= 11 is 5.96. The predicted molar refractivity (Wildman–Crippen MR) is 149 cm³/mol. The molecule has 35 heavy (non-hydrogen) atoms. The van der Waals surface area contributed by atoms with E-state index < -0.39 is 0 Å². The van der Waals surface area contributed by atoms with E-state index >= 15 is 0 Å². The van der Waals surface area contributed by atoms with E-state index in [-0.39, 0.29) is 12.1 Å². The third-order valence-electron chi connectivity index (χ3n) is 6.98. The largest absolute Gasteiger partial charge is 0.351 e. The molecule has 0 aliphatic carbocycles. The number of pyridine rings is 1. The zero-order valence-corrected chi connectivity index (χ0v) is 22.1. The standard InChI is InChI=1S/C30H32N4S/c1-18-10-11-21(4)27(16-18)33-22(5)17-25(23(33)6)29-28(26-9-7-8-12-31-26)32-30(35)34(29)24-14-19(2)13-20(3)15-24/h7-17,28-29H,1-6H3,(H,32,35)/t28-,29-/m1/s1. The molecule has 1 fully saturated rings. The molecule has 5 heteroatoms. The lowest BCUT2D eigenvalue weighted by molar-refractivity contribution is 0.565. The van der Waals surface area contributed by atoms with E-state index in [0.717, 1.165) is 16.5 Å². The molecule has 3 heterocycles. The number of thiocarbonyl (C=S) groups is 1. The molecule has 1 aliphatic rings. The summed E-state index contributed by atoms with van der Waals surface area (Å²) < 4.78 is 2.38. The van der Waals surface area contributed by atoms with Crippen molar-refractivity contribution in [2.75, 3.05) is 4.90 Å². The normalized spacial score (nSPS) is 17.7. The lowest BCUT2D eigenvalue weighted by Crippen LogP contribution is -2.29. The molecular formula is C30H32N4S. The average Bonchev–Trinajstić information content (AvgIpc) is 3.30. The van der Waals surface area contributed by atoms with Crippen LogP contribution in [0, 0.1) is 41.5 Å². The van der Waals surface area contributed by atoms with Gasteiger partial charge in [-0.05, 0) is 118 Å². The van der Waals surface area contributed by atoms with Crippen molar-refractivity contribution in [1.82, 2.24) is 14.9 Å². The average molecular weight is 481 g/mol. The van der Waals surface area contributed by atoms with Crippen LogP contribution >= 0.6 is 12.2 Å². The van der Waals surface area contributed by atoms with Crippen molar-refractivity contribution in [1.29, 1.82) is 0 Å². The predicted octanol–water partition coefficient (Wildman–Crippen LogP) is 6.90. The molecule has 0 saturated carbocycles. The van der Waals surface area contributed by atoms with Crippen LogP contribution in [0.25, 0.3) is 5.69 Å². The lowest BCUT2D eigenvalue weighted by Gasteiger charge is -2.29. The third-order valence-corrected chi connectivity index (χ3v) is 7.29. The van der Waals surface area contributed by atoms with Gasteiger partial charge in [0.2, 0.25) is 0 Å². The first kappa shape index (κ1) is 23.3. The second-order valence-electron chi connectivity index (χ2n) is 9.79. The Labute approximate surface area is 213 Å². The molecule has 0 bridgehead atoms. The van der Waals surface area contributed by atoms with Gasteiger partial charge in [-0.3, -0.25) is 4.98 Å². The van der Waals surface area contributed by atoms with Crippen LogP contribution in [-0.2, 0) is 0 Å². The summed E-state index contributed by atoms with van der Waals surface area (Å²) in [7, 11) is 0. The van der Waals surface area contributed by atoms with Crippen molar-refractivity contribution in [2.24, 2.45) is 0 Å². The molecule has 2 aromatic carbocycles. The van der Waals surface area contributed by atoms with Gasteiger partial charge in [0.25, 0.3) is 0 Å². The van der Waals surface area contributed by atoms with Crippen molar-refractivity contribution in [3.8, 4) is 5.69 Å². The van der Waals surface area contributed by atoms with E-state index in [9.17, 15) is 0 Å². The molecule has 5 rings (SSSR count). The highest BCUT2D eigenvalue weighted by molar-refractivity contribution is 7.80. The van der Waals surface area contributed by atoms with E-state index in [1.807, 2.05) is 18.3 Å². The minimum absolute atomic E-state index is 0.0244. The Balaban J connectivity index is 1.72. The zero-order valence-electron chi connectivity index (χ0n) is 21.3. The van der Waals surface area contributed by atoms with Gasteiger partial charge in [-0.1, -0.05) is 24.3 Å². The summed E-state index contributed by atoms with van der Waals surface area (Å²) in [4.78, 5) is 7.00. The number of rotatable bonds is 4. The number of anilines is 1. The molecule has 1 N–H and O–H groups in total. The van der Waals surface area contributed by atoms with Gasteiger partial charge in [0, 0.05) is 29.0 Å². The quantitative estimate of drug-likeness (QED) is 0.322. The van der Waals surface area contributed by atoms with Gasteiger partial charge in [-0.25, -0.2) is 0 Å². The monoisotopic (exact) mass is 480 g/mol. The number of hydrogen-bond acceptors (Lipinski definition) is 2. The number of benzene rings is 2. The molecule has 0 spiro atoms. The third kappa shape index (κ3) is 4.14. The van der Waals surface area contributed by atoms with Crippen molar-refractivity contribution in [2.45, 2.75) is 53.6 Å². The zero-order chi connectivity index (χ0) is 24.9. The SMILES string of the molecule is Cc1cc(C)cc(N2C(=S)N[C@H](c3ccccn3)[C@H]2c2cc(C)n(-c3cc(C)ccc3C)c2C)c1. The minimum Gasteiger partial charge on any atom is -0.351 e. The number of nitrogens with one attached hydrogen (secondary N) is 1. The van der Waals surface area contributed by atoms with Gasteiger partial charge in [-0.15, -0.1) is 0 Å². The molecule has 178 valence electrons. The van der Waals surface area contributed by atoms with Gasteiger partial charge < -0.3 is 14.8 Å². The number of aromatic nitrogens is 2. The molecular weight excluding hydrogens is 448 g/mol. The second-order valence-corrected chi connectivity index (χ2v) is 10.2. The summed E-state index contributed by atoms with van der Waals surface area (Å²) in [6.07, 6.45) is 1.86. The highest BCUT2D eigenvalue weighted by Gasteiger charge is 2.42. The molecule has 0 amide bonds. The number of hydrogen-bond donors (Lipinski definition) is 1. The Morgan fingerprint density at radius 2 is 1.57 bits per heavy atom. The minimum atomic E-state index is -0.0583. The van der Waals surface area contributed by atoms with Crippen LogP contribution in [0.1, 0.15) is 57.0 Å². The molecule has 1 aliphatic heterocycles. The summed E-state index contributed by atoms with van der Waals surface area (Å²) in [5.74, 6) is 0. The first-order valence-corrected chi connectivity index (χ1v) is 12.5. The van der Waals surface area contributed by atoms with Gasteiger partial charge >= 0.3 is 0 Å². The first-order valence-electron chi connectivity index (χ1n) is 12.1. The van der Waals surface area contributed by atoms with Crippen LogP contribution in [0.5, 0.6) is 0 Å². The van der Waals surface area contributed by atoms with E-state index in [1.165, 1.54) is 44.9 Å². The van der Waals surface area contributed by atoms with Gasteiger partial charge in [0.1, 0.15) is 0 Å². The van der Waals surface area contributed by atoms with E-state index in [1.54, 1.807) is 0 Å². The van der Waals surface area contributed by atoms with Crippen molar-refractivity contribution in [3.05, 3.63) is 112 Å². The van der Waals surface area contributed by atoms with Crippen molar-refractivity contribution < 1.29 is 0 Å². The number of nitrogens with zero attached hydrogens (tertiary/aromatic N) is 3. The van der Waals surface area contributed by atoms with E-state index in [2.05, 4.69) is 105 Å². The Bertz CT molecular complexity index is 1400. The van der Waals surface area contributed by atoms with Gasteiger partial charge in [0.15, 0.2) is 5.11 Å². The van der Waals surface area contributed by atoms with Crippen LogP contribution in [0.2, 0.25) is 0 Å². The summed E-state index contributed by atoms with van der Waals surface area (Å²) in [5.41, 5.74) is 12.0. The Morgan fingerprint density at radius 1 is 0.829 bits per heavy atom. The highest BCUT2D eigenvalue weighted by atomic mass is 32.1. The highest BCUT2D eigenvalue weighted by Crippen LogP contribution is 2.44. The molecule has 4 aromatic rings. The molecule has 0 unspecified atom stereocenters. The van der Waals surface area contributed by atoms with Gasteiger partial charge in [0.05, 0.1) is 17.8 Å². The topological polar surface area (TPSA) is 33.1 Å². The van der Waals surface area contributed by atoms with Crippen LogP contribution < -0.4 is 10.2 Å². The summed E-state index contributed by atoms with van der Waals surface area (Å²) in [6, 6.07) is 21.6. The van der Waals surface area contributed by atoms with Crippen LogP contribution in [0.4, 0.5) is 5.69 Å². The fourth-order valence-electron chi connectivity index (χ4n) is 5.46. The first-order chi connectivity index (χ1) is 16.7. The number of aryl methyl sites for hydroxylation is 5. The molecule has 0 radical (unpaired) electrons. The van der Waals surface area contributed by atoms with E-state index in [0.29, 0.717) is 0 Å². The van der Waals surface area contributed by atoms with Crippen LogP contribution in [-0.4, -0.2) is 14.7 Å². The smallest absolute Gasteiger partial charge is 0.174 e. The lowest BCUT2D eigenvalue weighted by atomic mass is 9.96. The van der Waals surface area contributed by atoms with Crippen molar-refractivity contribution >= 4 is 23.0 Å². The Morgan fingerprint density at radius 3 is 2.26 bits per heavy atom.